The average Bonchev–Trinajstić information content (AvgIpc) is 2.69. The highest BCUT2D eigenvalue weighted by atomic mass is 79.9. The van der Waals surface area contributed by atoms with E-state index in [0.29, 0.717) is 30.4 Å². The predicted molar refractivity (Wildman–Crippen MR) is 112 cm³/mol. The molecule has 1 heterocycles. The molecule has 0 saturated carbocycles. The standard InChI is InChI=1S/C20H23BrN2O4S/c1-15-10-12-23(13-11-15)28(25,26)19-8-6-18(7-9-19)27-14-20(24)22-17-4-2-16(21)3-5-17/h2-9,15H,10-14H2,1H3,(H,22,24). The number of halogens is 1. The molecule has 150 valence electrons. The van der Waals surface area contributed by atoms with E-state index < -0.39 is 10.0 Å². The molecule has 0 aliphatic carbocycles. The molecule has 1 amide bonds. The molecule has 0 atom stereocenters. The molecule has 28 heavy (non-hydrogen) atoms. The van der Waals surface area contributed by atoms with Crippen LogP contribution in [0.4, 0.5) is 5.69 Å². The minimum absolute atomic E-state index is 0.161. The van der Waals surface area contributed by atoms with Gasteiger partial charge < -0.3 is 10.1 Å². The van der Waals surface area contributed by atoms with E-state index in [2.05, 4.69) is 28.2 Å². The van der Waals surface area contributed by atoms with Gasteiger partial charge in [-0.3, -0.25) is 4.79 Å². The minimum Gasteiger partial charge on any atom is -0.484 e. The number of carbonyl (C=O) groups excluding carboxylic acids is 1. The molecule has 1 N–H and O–H groups in total. The van der Waals surface area contributed by atoms with Gasteiger partial charge in [-0.1, -0.05) is 22.9 Å². The number of amides is 1. The quantitative estimate of drug-likeness (QED) is 0.700. The SMILES string of the molecule is CC1CCN(S(=O)(=O)c2ccc(OCC(=O)Nc3ccc(Br)cc3)cc2)CC1. The van der Waals surface area contributed by atoms with Gasteiger partial charge in [-0.05, 0) is 67.3 Å². The van der Waals surface area contributed by atoms with Crippen LogP contribution in [0, 0.1) is 5.92 Å². The molecular formula is C20H23BrN2O4S. The molecule has 1 fully saturated rings. The van der Waals surface area contributed by atoms with Crippen molar-refractivity contribution in [2.75, 3.05) is 25.0 Å². The maximum absolute atomic E-state index is 12.7. The summed E-state index contributed by atoms with van der Waals surface area (Å²) in [6, 6.07) is 13.4. The summed E-state index contributed by atoms with van der Waals surface area (Å²) in [7, 11) is -3.48. The van der Waals surface area contributed by atoms with E-state index in [0.717, 1.165) is 17.3 Å². The highest BCUT2D eigenvalue weighted by molar-refractivity contribution is 9.10. The molecule has 0 radical (unpaired) electrons. The third-order valence-corrected chi connectivity index (χ3v) is 7.14. The Morgan fingerprint density at radius 3 is 2.32 bits per heavy atom. The number of hydrogen-bond donors (Lipinski definition) is 1. The van der Waals surface area contributed by atoms with Crippen molar-refractivity contribution in [1.82, 2.24) is 4.31 Å². The smallest absolute Gasteiger partial charge is 0.262 e. The fraction of sp³-hybridized carbons (Fsp3) is 0.350. The van der Waals surface area contributed by atoms with Crippen LogP contribution in [-0.4, -0.2) is 38.3 Å². The molecule has 1 aliphatic heterocycles. The van der Waals surface area contributed by atoms with Gasteiger partial charge in [0.25, 0.3) is 5.91 Å². The molecule has 2 aromatic carbocycles. The molecule has 0 spiro atoms. The lowest BCUT2D eigenvalue weighted by molar-refractivity contribution is -0.118. The second-order valence-corrected chi connectivity index (χ2v) is 9.76. The first-order valence-electron chi connectivity index (χ1n) is 9.13. The first kappa shape index (κ1) is 20.8. The molecule has 0 aromatic heterocycles. The maximum atomic E-state index is 12.7. The Kier molecular flexibility index (Phi) is 6.74. The summed E-state index contributed by atoms with van der Waals surface area (Å²) in [5, 5.41) is 2.73. The van der Waals surface area contributed by atoms with E-state index in [4.69, 9.17) is 4.74 Å². The predicted octanol–water partition coefficient (Wildman–Crippen LogP) is 3.89. The first-order chi connectivity index (χ1) is 13.3. The van der Waals surface area contributed by atoms with E-state index >= 15 is 0 Å². The van der Waals surface area contributed by atoms with Crippen LogP contribution in [-0.2, 0) is 14.8 Å². The van der Waals surface area contributed by atoms with E-state index in [1.54, 1.807) is 24.3 Å². The van der Waals surface area contributed by atoms with Gasteiger partial charge in [-0.15, -0.1) is 0 Å². The Hall–Kier alpha value is -1.90. The second-order valence-electron chi connectivity index (χ2n) is 6.90. The first-order valence-corrected chi connectivity index (χ1v) is 11.4. The van der Waals surface area contributed by atoms with Crippen LogP contribution in [0.3, 0.4) is 0 Å². The van der Waals surface area contributed by atoms with Crippen molar-refractivity contribution in [3.8, 4) is 5.75 Å². The second kappa shape index (κ2) is 9.07. The van der Waals surface area contributed by atoms with E-state index in [-0.39, 0.29) is 17.4 Å². The van der Waals surface area contributed by atoms with Gasteiger partial charge in [-0.2, -0.15) is 4.31 Å². The third kappa shape index (κ3) is 5.33. The summed E-state index contributed by atoms with van der Waals surface area (Å²) in [5.74, 6) is 0.712. The minimum atomic E-state index is -3.48. The Morgan fingerprint density at radius 2 is 1.71 bits per heavy atom. The average molecular weight is 467 g/mol. The van der Waals surface area contributed by atoms with Crippen LogP contribution in [0.5, 0.6) is 5.75 Å². The summed E-state index contributed by atoms with van der Waals surface area (Å²) in [5.41, 5.74) is 0.675. The zero-order valence-corrected chi connectivity index (χ0v) is 18.0. The Bertz CT molecular complexity index is 906. The van der Waals surface area contributed by atoms with Crippen LogP contribution < -0.4 is 10.1 Å². The summed E-state index contributed by atoms with van der Waals surface area (Å²) in [4.78, 5) is 12.2. The third-order valence-electron chi connectivity index (χ3n) is 4.70. The number of anilines is 1. The highest BCUT2D eigenvalue weighted by Crippen LogP contribution is 2.24. The Labute approximate surface area is 174 Å². The number of sulfonamides is 1. The normalized spacial score (nSPS) is 15.9. The number of carbonyl (C=O) groups is 1. The van der Waals surface area contributed by atoms with Crippen LogP contribution in [0.1, 0.15) is 19.8 Å². The van der Waals surface area contributed by atoms with Gasteiger partial charge in [0.1, 0.15) is 5.75 Å². The fourth-order valence-electron chi connectivity index (χ4n) is 2.96. The van der Waals surface area contributed by atoms with Crippen LogP contribution >= 0.6 is 15.9 Å². The number of nitrogens with zero attached hydrogens (tertiary/aromatic N) is 1. The molecule has 3 rings (SSSR count). The summed E-state index contributed by atoms with van der Waals surface area (Å²) in [6.45, 7) is 3.09. The van der Waals surface area contributed by atoms with Gasteiger partial charge in [-0.25, -0.2) is 8.42 Å². The van der Waals surface area contributed by atoms with Gasteiger partial charge in [0.05, 0.1) is 4.90 Å². The van der Waals surface area contributed by atoms with Crippen molar-refractivity contribution in [2.45, 2.75) is 24.7 Å². The number of hydrogen-bond acceptors (Lipinski definition) is 4. The fourth-order valence-corrected chi connectivity index (χ4v) is 4.70. The Morgan fingerprint density at radius 1 is 1.11 bits per heavy atom. The van der Waals surface area contributed by atoms with Crippen LogP contribution in [0.15, 0.2) is 57.9 Å². The monoisotopic (exact) mass is 466 g/mol. The molecule has 0 bridgehead atoms. The number of benzene rings is 2. The van der Waals surface area contributed by atoms with Gasteiger partial charge >= 0.3 is 0 Å². The largest absolute Gasteiger partial charge is 0.484 e. The van der Waals surface area contributed by atoms with Crippen LogP contribution in [0.2, 0.25) is 0 Å². The molecule has 8 heteroatoms. The van der Waals surface area contributed by atoms with E-state index in [9.17, 15) is 13.2 Å². The van der Waals surface area contributed by atoms with E-state index in [1.165, 1.54) is 16.4 Å². The van der Waals surface area contributed by atoms with Crippen molar-refractivity contribution < 1.29 is 17.9 Å². The summed E-state index contributed by atoms with van der Waals surface area (Å²) >= 11 is 3.34. The van der Waals surface area contributed by atoms with E-state index in [1.807, 2.05) is 12.1 Å². The molecule has 6 nitrogen and oxygen atoms in total. The molecular weight excluding hydrogens is 444 g/mol. The molecule has 1 aliphatic rings. The lowest BCUT2D eigenvalue weighted by Crippen LogP contribution is -2.37. The van der Waals surface area contributed by atoms with Gasteiger partial charge in [0.15, 0.2) is 6.61 Å². The van der Waals surface area contributed by atoms with Crippen molar-refractivity contribution in [1.29, 1.82) is 0 Å². The number of piperidine rings is 1. The lowest BCUT2D eigenvalue weighted by atomic mass is 10.0. The van der Waals surface area contributed by atoms with Gasteiger partial charge in [0.2, 0.25) is 10.0 Å². The zero-order chi connectivity index (χ0) is 20.1. The number of ether oxygens (including phenoxy) is 1. The summed E-state index contributed by atoms with van der Waals surface area (Å²) < 4.78 is 33.4. The van der Waals surface area contributed by atoms with Crippen LogP contribution in [0.25, 0.3) is 0 Å². The van der Waals surface area contributed by atoms with Crippen molar-refractivity contribution >= 4 is 37.5 Å². The van der Waals surface area contributed by atoms with Crippen molar-refractivity contribution in [3.63, 3.8) is 0 Å². The maximum Gasteiger partial charge on any atom is 0.262 e. The molecule has 1 saturated heterocycles. The number of rotatable bonds is 6. The topological polar surface area (TPSA) is 75.7 Å². The zero-order valence-electron chi connectivity index (χ0n) is 15.6. The highest BCUT2D eigenvalue weighted by Gasteiger charge is 2.27. The Balaban J connectivity index is 1.55. The van der Waals surface area contributed by atoms with Gasteiger partial charge in [0, 0.05) is 23.2 Å². The molecule has 0 unspecified atom stereocenters. The van der Waals surface area contributed by atoms with Crippen molar-refractivity contribution in [2.24, 2.45) is 5.92 Å². The number of nitrogens with one attached hydrogen (secondary N) is 1. The lowest BCUT2D eigenvalue weighted by Gasteiger charge is -2.29. The summed E-state index contributed by atoms with van der Waals surface area (Å²) in [6.07, 6.45) is 1.77. The molecule has 2 aromatic rings. The van der Waals surface area contributed by atoms with Crippen molar-refractivity contribution in [3.05, 3.63) is 53.0 Å².